The number of hydrogen-bond donors (Lipinski definition) is 2. The van der Waals surface area contributed by atoms with E-state index in [9.17, 15) is 8.42 Å². The van der Waals surface area contributed by atoms with Crippen molar-refractivity contribution in [3.8, 4) is 0 Å². The number of nitrogens with one attached hydrogen (secondary N) is 1. The molecular formula is C10H15NO3S. The summed E-state index contributed by atoms with van der Waals surface area (Å²) in [5, 5.41) is 3.11. The van der Waals surface area contributed by atoms with Crippen LogP contribution in [0.4, 0.5) is 0 Å². The minimum absolute atomic E-state index is 0.324. The van der Waals surface area contributed by atoms with Crippen LogP contribution in [-0.2, 0) is 21.7 Å². The molecule has 84 valence electrons. The second-order valence-corrected chi connectivity index (χ2v) is 3.91. The summed E-state index contributed by atoms with van der Waals surface area (Å²) in [6.07, 6.45) is -0.324. The summed E-state index contributed by atoms with van der Waals surface area (Å²) < 4.78 is 25.0. The Kier molecular flexibility index (Phi) is 5.31. The van der Waals surface area contributed by atoms with Crippen LogP contribution >= 0.6 is 0 Å². The first-order valence-electron chi connectivity index (χ1n) is 4.74. The van der Waals surface area contributed by atoms with Crippen molar-refractivity contribution < 1.29 is 12.6 Å². The summed E-state index contributed by atoms with van der Waals surface area (Å²) in [6.45, 7) is 2.94. The van der Waals surface area contributed by atoms with Crippen molar-refractivity contribution in [2.24, 2.45) is 0 Å². The predicted molar refractivity (Wildman–Crippen MR) is 59.0 cm³/mol. The first kappa shape index (κ1) is 12.2. The van der Waals surface area contributed by atoms with E-state index < -0.39 is 11.0 Å². The van der Waals surface area contributed by atoms with Gasteiger partial charge in [0.25, 0.3) is 11.0 Å². The monoisotopic (exact) mass is 229 g/mol. The van der Waals surface area contributed by atoms with Crippen molar-refractivity contribution in [1.29, 1.82) is 0 Å². The highest BCUT2D eigenvalue weighted by atomic mass is 32.2. The summed E-state index contributed by atoms with van der Waals surface area (Å²) in [7, 11) is -2.75. The van der Waals surface area contributed by atoms with E-state index >= 15 is 0 Å². The molecule has 0 amide bonds. The van der Waals surface area contributed by atoms with E-state index in [1.165, 1.54) is 0 Å². The van der Waals surface area contributed by atoms with Gasteiger partial charge in [-0.2, -0.15) is 0 Å². The third-order valence-electron chi connectivity index (χ3n) is 1.87. The van der Waals surface area contributed by atoms with E-state index in [-0.39, 0.29) is 6.10 Å². The molecule has 0 saturated carbocycles. The fourth-order valence-corrected chi connectivity index (χ4v) is 1.57. The molecule has 4 nitrogen and oxygen atoms in total. The molecule has 1 rings (SSSR count). The van der Waals surface area contributed by atoms with Crippen molar-refractivity contribution >= 4 is 11.0 Å². The molecule has 15 heavy (non-hydrogen) atoms. The van der Waals surface area contributed by atoms with Crippen molar-refractivity contribution in [2.45, 2.75) is 19.6 Å². The normalized spacial score (nSPS) is 12.9. The smallest absolute Gasteiger partial charge is 0.257 e. The minimum atomic E-state index is -2.75. The Bertz CT molecular complexity index is 343. The van der Waals surface area contributed by atoms with Crippen LogP contribution in [0.5, 0.6) is 0 Å². The molecule has 1 unspecified atom stereocenters. The van der Waals surface area contributed by atoms with E-state index in [2.05, 4.69) is 9.50 Å². The van der Waals surface area contributed by atoms with Crippen molar-refractivity contribution in [3.63, 3.8) is 0 Å². The highest BCUT2D eigenvalue weighted by Crippen LogP contribution is 1.97. The van der Waals surface area contributed by atoms with Gasteiger partial charge in [-0.15, -0.1) is 0 Å². The number of benzene rings is 1. The number of thiol groups is 1. The van der Waals surface area contributed by atoms with Gasteiger partial charge in [0.1, 0.15) is 0 Å². The van der Waals surface area contributed by atoms with E-state index in [0.29, 0.717) is 13.1 Å². The lowest BCUT2D eigenvalue weighted by Gasteiger charge is -2.09. The third-order valence-corrected chi connectivity index (χ3v) is 2.40. The van der Waals surface area contributed by atoms with E-state index in [4.69, 9.17) is 0 Å². The number of hydrogen-bond acceptors (Lipinski definition) is 4. The maximum Gasteiger partial charge on any atom is 0.257 e. The second-order valence-electron chi connectivity index (χ2n) is 3.26. The van der Waals surface area contributed by atoms with Crippen LogP contribution in [-0.4, -0.2) is 21.1 Å². The first-order valence-corrected chi connectivity index (χ1v) is 5.84. The van der Waals surface area contributed by atoms with Gasteiger partial charge in [-0.3, -0.25) is 4.18 Å². The molecule has 0 heterocycles. The highest BCUT2D eigenvalue weighted by molar-refractivity contribution is 7.67. The molecule has 0 fully saturated rings. The van der Waals surface area contributed by atoms with Gasteiger partial charge < -0.3 is 5.32 Å². The van der Waals surface area contributed by atoms with Crippen LogP contribution in [0.15, 0.2) is 30.3 Å². The van der Waals surface area contributed by atoms with E-state index in [1.807, 2.05) is 30.3 Å². The molecule has 1 aromatic rings. The zero-order chi connectivity index (χ0) is 11.1. The standard InChI is InChI=1S/C10H15NO3S/c1-9(14-15(12)13)7-11-8-10-5-3-2-4-6-10/h2-6,9,11,15H,7-8H2,1H3. The van der Waals surface area contributed by atoms with Crippen LogP contribution < -0.4 is 5.32 Å². The Morgan fingerprint density at radius 1 is 1.33 bits per heavy atom. The lowest BCUT2D eigenvalue weighted by atomic mass is 10.2. The molecule has 0 spiro atoms. The molecule has 0 aliphatic heterocycles. The van der Waals surface area contributed by atoms with Gasteiger partial charge in [-0.1, -0.05) is 30.3 Å². The molecule has 0 aliphatic rings. The van der Waals surface area contributed by atoms with Crippen LogP contribution in [0.1, 0.15) is 12.5 Å². The zero-order valence-corrected chi connectivity index (χ0v) is 9.44. The van der Waals surface area contributed by atoms with Gasteiger partial charge in [-0.05, 0) is 12.5 Å². The second kappa shape index (κ2) is 6.55. The van der Waals surface area contributed by atoms with Crippen LogP contribution in [0.25, 0.3) is 0 Å². The van der Waals surface area contributed by atoms with Crippen molar-refractivity contribution in [1.82, 2.24) is 5.32 Å². The van der Waals surface area contributed by atoms with Gasteiger partial charge in [0.05, 0.1) is 6.10 Å². The van der Waals surface area contributed by atoms with Crippen molar-refractivity contribution in [2.75, 3.05) is 6.54 Å². The van der Waals surface area contributed by atoms with Gasteiger partial charge in [-0.25, -0.2) is 8.42 Å². The quantitative estimate of drug-likeness (QED) is 0.705. The summed E-state index contributed by atoms with van der Waals surface area (Å²) in [4.78, 5) is 0. The third kappa shape index (κ3) is 5.51. The summed E-state index contributed by atoms with van der Waals surface area (Å²) in [6, 6.07) is 9.90. The Balaban J connectivity index is 2.22. The average molecular weight is 229 g/mol. The summed E-state index contributed by atoms with van der Waals surface area (Å²) in [5.74, 6) is 0. The van der Waals surface area contributed by atoms with E-state index in [0.717, 1.165) is 5.56 Å². The molecule has 0 aromatic heterocycles. The maximum atomic E-state index is 10.2. The Hall–Kier alpha value is -0.910. The Labute approximate surface area is 91.4 Å². The van der Waals surface area contributed by atoms with Crippen LogP contribution in [0.2, 0.25) is 0 Å². The van der Waals surface area contributed by atoms with Gasteiger partial charge in [0.15, 0.2) is 0 Å². The van der Waals surface area contributed by atoms with Gasteiger partial charge >= 0.3 is 0 Å². The van der Waals surface area contributed by atoms with Gasteiger partial charge in [0.2, 0.25) is 0 Å². The maximum absolute atomic E-state index is 10.2. The molecule has 0 bridgehead atoms. The van der Waals surface area contributed by atoms with Crippen LogP contribution in [0.3, 0.4) is 0 Å². The van der Waals surface area contributed by atoms with E-state index in [1.54, 1.807) is 6.92 Å². The molecule has 1 aromatic carbocycles. The Morgan fingerprint density at radius 2 is 2.00 bits per heavy atom. The Morgan fingerprint density at radius 3 is 2.60 bits per heavy atom. The SMILES string of the molecule is CC(CNCc1ccccc1)O[SH](=O)=O. The lowest BCUT2D eigenvalue weighted by Crippen LogP contribution is -2.26. The largest absolute Gasteiger partial charge is 0.310 e. The topological polar surface area (TPSA) is 55.4 Å². The lowest BCUT2D eigenvalue weighted by molar-refractivity contribution is 0.234. The molecule has 1 N–H and O–H groups in total. The van der Waals surface area contributed by atoms with Crippen LogP contribution in [0, 0.1) is 0 Å². The fraction of sp³-hybridized carbons (Fsp3) is 0.400. The molecule has 0 saturated heterocycles. The highest BCUT2D eigenvalue weighted by Gasteiger charge is 2.02. The molecule has 0 radical (unpaired) electrons. The molecular weight excluding hydrogens is 214 g/mol. The molecule has 5 heteroatoms. The summed E-state index contributed by atoms with van der Waals surface area (Å²) >= 11 is 0. The summed E-state index contributed by atoms with van der Waals surface area (Å²) in [5.41, 5.74) is 1.16. The molecule has 1 atom stereocenters. The predicted octanol–water partition coefficient (Wildman–Crippen LogP) is 0.708. The first-order chi connectivity index (χ1) is 7.18. The number of rotatable bonds is 6. The zero-order valence-electron chi connectivity index (χ0n) is 8.55. The minimum Gasteiger partial charge on any atom is -0.310 e. The van der Waals surface area contributed by atoms with Crippen molar-refractivity contribution in [3.05, 3.63) is 35.9 Å². The van der Waals surface area contributed by atoms with Gasteiger partial charge in [0, 0.05) is 13.1 Å². The fourth-order valence-electron chi connectivity index (χ4n) is 1.20. The molecule has 0 aliphatic carbocycles. The average Bonchev–Trinajstić information content (AvgIpc) is 2.18.